The fourth-order valence-electron chi connectivity index (χ4n) is 1.85. The van der Waals surface area contributed by atoms with Gasteiger partial charge in [0.05, 0.1) is 0 Å². The third-order valence-electron chi connectivity index (χ3n) is 2.70. The van der Waals surface area contributed by atoms with E-state index < -0.39 is 5.97 Å². The van der Waals surface area contributed by atoms with Gasteiger partial charge >= 0.3 is 5.97 Å². The number of carbonyl (C=O) groups is 1. The first-order chi connectivity index (χ1) is 9.24. The van der Waals surface area contributed by atoms with E-state index in [-0.39, 0.29) is 5.69 Å². The zero-order valence-electron chi connectivity index (χ0n) is 10.6. The zero-order valence-corrected chi connectivity index (χ0v) is 10.6. The van der Waals surface area contributed by atoms with Crippen molar-refractivity contribution in [3.63, 3.8) is 0 Å². The van der Waals surface area contributed by atoms with Crippen molar-refractivity contribution in [2.24, 2.45) is 0 Å². The summed E-state index contributed by atoms with van der Waals surface area (Å²) in [5.74, 6) is -1.07. The second-order valence-corrected chi connectivity index (χ2v) is 4.03. The van der Waals surface area contributed by atoms with Crippen molar-refractivity contribution in [1.29, 1.82) is 0 Å². The first kappa shape index (κ1) is 13.2. The predicted molar refractivity (Wildman–Crippen MR) is 68.9 cm³/mol. The highest BCUT2D eigenvalue weighted by Crippen LogP contribution is 2.22. The molecule has 6 heteroatoms. The lowest BCUT2D eigenvalue weighted by Crippen LogP contribution is -2.06. The summed E-state index contributed by atoms with van der Waals surface area (Å²) in [6, 6.07) is 9.28. The summed E-state index contributed by atoms with van der Waals surface area (Å²) in [6.45, 7) is 1.16. The third-order valence-corrected chi connectivity index (χ3v) is 2.70. The Morgan fingerprint density at radius 3 is 2.74 bits per heavy atom. The highest BCUT2D eigenvalue weighted by atomic mass is 16.5. The van der Waals surface area contributed by atoms with Crippen LogP contribution in [0, 0.1) is 0 Å². The second kappa shape index (κ2) is 6.10. The van der Waals surface area contributed by atoms with Gasteiger partial charge in [-0.2, -0.15) is 0 Å². The van der Waals surface area contributed by atoms with E-state index in [0.29, 0.717) is 18.8 Å². The Kier molecular flexibility index (Phi) is 4.25. The van der Waals surface area contributed by atoms with Crippen LogP contribution in [0.3, 0.4) is 0 Å². The molecule has 0 atom stereocenters. The zero-order chi connectivity index (χ0) is 13.7. The number of aryl methyl sites for hydroxylation is 1. The first-order valence-electron chi connectivity index (χ1n) is 5.95. The number of benzene rings is 1. The molecule has 1 aromatic carbocycles. The van der Waals surface area contributed by atoms with Gasteiger partial charge in [-0.25, -0.2) is 9.48 Å². The van der Waals surface area contributed by atoms with E-state index in [4.69, 9.17) is 4.74 Å². The molecule has 0 unspecified atom stereocenters. The Labute approximate surface area is 110 Å². The summed E-state index contributed by atoms with van der Waals surface area (Å²) in [7, 11) is 1.63. The molecule has 2 aromatic rings. The van der Waals surface area contributed by atoms with Crippen LogP contribution in [0.1, 0.15) is 16.9 Å². The summed E-state index contributed by atoms with van der Waals surface area (Å²) in [6.07, 6.45) is 0.749. The molecule has 100 valence electrons. The van der Waals surface area contributed by atoms with Crippen LogP contribution in [-0.2, 0) is 11.3 Å². The Morgan fingerprint density at radius 1 is 1.37 bits per heavy atom. The maximum absolute atomic E-state index is 11.2. The molecule has 0 spiro atoms. The van der Waals surface area contributed by atoms with Crippen molar-refractivity contribution < 1.29 is 14.6 Å². The molecule has 2 rings (SSSR count). The van der Waals surface area contributed by atoms with Gasteiger partial charge in [0.15, 0.2) is 5.69 Å². The summed E-state index contributed by atoms with van der Waals surface area (Å²) < 4.78 is 6.59. The number of carboxylic acids is 1. The van der Waals surface area contributed by atoms with Gasteiger partial charge in [-0.1, -0.05) is 35.5 Å². The molecule has 0 aliphatic carbocycles. The lowest BCUT2D eigenvalue weighted by atomic mass is 10.1. The normalized spacial score (nSPS) is 10.6. The average molecular weight is 261 g/mol. The highest BCUT2D eigenvalue weighted by Gasteiger charge is 2.19. The predicted octanol–water partition coefficient (Wildman–Crippen LogP) is 1.68. The first-order valence-corrected chi connectivity index (χ1v) is 5.95. The Morgan fingerprint density at radius 2 is 2.11 bits per heavy atom. The quantitative estimate of drug-likeness (QED) is 0.800. The monoisotopic (exact) mass is 261 g/mol. The Bertz CT molecular complexity index is 552. The number of hydrogen-bond donors (Lipinski definition) is 1. The van der Waals surface area contributed by atoms with Gasteiger partial charge in [0.1, 0.15) is 5.69 Å². The molecule has 0 bridgehead atoms. The van der Waals surface area contributed by atoms with Crippen LogP contribution in [0.5, 0.6) is 0 Å². The van der Waals surface area contributed by atoms with E-state index >= 15 is 0 Å². The topological polar surface area (TPSA) is 77.2 Å². The maximum atomic E-state index is 11.2. The minimum Gasteiger partial charge on any atom is -0.476 e. The minimum absolute atomic E-state index is 0.0244. The summed E-state index contributed by atoms with van der Waals surface area (Å²) in [5, 5.41) is 16.8. The van der Waals surface area contributed by atoms with Crippen LogP contribution in [0.2, 0.25) is 0 Å². The van der Waals surface area contributed by atoms with E-state index in [9.17, 15) is 9.90 Å². The molecular weight excluding hydrogens is 246 g/mol. The maximum Gasteiger partial charge on any atom is 0.358 e. The van der Waals surface area contributed by atoms with Crippen molar-refractivity contribution >= 4 is 5.97 Å². The van der Waals surface area contributed by atoms with Gasteiger partial charge in [0, 0.05) is 25.8 Å². The molecule has 0 aliphatic rings. The van der Waals surface area contributed by atoms with Crippen molar-refractivity contribution in [3.8, 4) is 11.3 Å². The number of aromatic carboxylic acids is 1. The molecule has 1 aromatic heterocycles. The lowest BCUT2D eigenvalue weighted by Gasteiger charge is -2.06. The molecule has 1 N–H and O–H groups in total. The average Bonchev–Trinajstić information content (AvgIpc) is 2.84. The van der Waals surface area contributed by atoms with Crippen molar-refractivity contribution in [3.05, 3.63) is 36.0 Å². The summed E-state index contributed by atoms with van der Waals surface area (Å²) in [4.78, 5) is 11.2. The number of carboxylic acid groups (broad SMARTS) is 1. The molecule has 0 amide bonds. The lowest BCUT2D eigenvalue weighted by molar-refractivity contribution is 0.0691. The number of aromatic nitrogens is 3. The standard InChI is InChI=1S/C13H15N3O3/c1-19-9-5-8-16-12(10-6-3-2-4-7-10)11(13(17)18)14-15-16/h2-4,6-7H,5,8-9H2,1H3,(H,17,18). The van der Waals surface area contributed by atoms with Crippen molar-refractivity contribution in [1.82, 2.24) is 15.0 Å². The van der Waals surface area contributed by atoms with Gasteiger partial charge in [-0.05, 0) is 6.42 Å². The largest absolute Gasteiger partial charge is 0.476 e. The highest BCUT2D eigenvalue weighted by molar-refractivity contribution is 5.92. The minimum atomic E-state index is -1.07. The second-order valence-electron chi connectivity index (χ2n) is 4.03. The molecule has 0 saturated heterocycles. The fraction of sp³-hybridized carbons (Fsp3) is 0.308. The molecular formula is C13H15N3O3. The Balaban J connectivity index is 2.37. The van der Waals surface area contributed by atoms with Gasteiger partial charge < -0.3 is 9.84 Å². The molecule has 0 fully saturated rings. The Hall–Kier alpha value is -2.21. The summed E-state index contributed by atoms with van der Waals surface area (Å²) in [5.41, 5.74) is 1.30. The van der Waals surface area contributed by atoms with Gasteiger partial charge in [0.2, 0.25) is 0 Å². The van der Waals surface area contributed by atoms with Crippen LogP contribution in [-0.4, -0.2) is 39.8 Å². The number of methoxy groups -OCH3 is 1. The van der Waals surface area contributed by atoms with Crippen LogP contribution in [0.4, 0.5) is 0 Å². The molecule has 6 nitrogen and oxygen atoms in total. The van der Waals surface area contributed by atoms with Crippen molar-refractivity contribution in [2.45, 2.75) is 13.0 Å². The smallest absolute Gasteiger partial charge is 0.358 e. The van der Waals surface area contributed by atoms with E-state index in [0.717, 1.165) is 12.0 Å². The molecule has 0 radical (unpaired) electrons. The number of ether oxygens (including phenoxy) is 1. The number of nitrogens with zero attached hydrogens (tertiary/aromatic N) is 3. The van der Waals surface area contributed by atoms with E-state index in [1.54, 1.807) is 11.8 Å². The van der Waals surface area contributed by atoms with Crippen LogP contribution >= 0.6 is 0 Å². The number of hydrogen-bond acceptors (Lipinski definition) is 4. The number of rotatable bonds is 6. The molecule has 1 heterocycles. The SMILES string of the molecule is COCCCn1nnc(C(=O)O)c1-c1ccccc1. The van der Waals surface area contributed by atoms with Crippen LogP contribution in [0.15, 0.2) is 30.3 Å². The molecule has 19 heavy (non-hydrogen) atoms. The molecule has 0 saturated carbocycles. The van der Waals surface area contributed by atoms with Crippen molar-refractivity contribution in [2.75, 3.05) is 13.7 Å². The fourth-order valence-corrected chi connectivity index (χ4v) is 1.85. The van der Waals surface area contributed by atoms with E-state index in [1.165, 1.54) is 0 Å². The van der Waals surface area contributed by atoms with Gasteiger partial charge in [0.25, 0.3) is 0 Å². The summed E-state index contributed by atoms with van der Waals surface area (Å²) >= 11 is 0. The van der Waals surface area contributed by atoms with Crippen LogP contribution < -0.4 is 0 Å². The van der Waals surface area contributed by atoms with E-state index in [2.05, 4.69) is 10.3 Å². The van der Waals surface area contributed by atoms with Crippen LogP contribution in [0.25, 0.3) is 11.3 Å². The van der Waals surface area contributed by atoms with E-state index in [1.807, 2.05) is 30.3 Å². The van der Waals surface area contributed by atoms with Gasteiger partial charge in [-0.15, -0.1) is 5.10 Å². The molecule has 0 aliphatic heterocycles. The van der Waals surface area contributed by atoms with Gasteiger partial charge in [-0.3, -0.25) is 0 Å². The third kappa shape index (κ3) is 2.97.